The Morgan fingerprint density at radius 3 is 2.69 bits per heavy atom. The minimum atomic E-state index is 0.678. The van der Waals surface area contributed by atoms with Crippen LogP contribution >= 0.6 is 0 Å². The zero-order valence-electron chi connectivity index (χ0n) is 9.03. The molecule has 1 aliphatic rings. The lowest BCUT2D eigenvalue weighted by Gasteiger charge is -2.19. The zero-order valence-corrected chi connectivity index (χ0v) is 9.03. The van der Waals surface area contributed by atoms with Gasteiger partial charge in [0.05, 0.1) is 0 Å². The third-order valence-corrected chi connectivity index (χ3v) is 2.98. The van der Waals surface area contributed by atoms with E-state index in [2.05, 4.69) is 47.8 Å². The molecule has 0 aromatic heterocycles. The van der Waals surface area contributed by atoms with Crippen LogP contribution in [-0.4, -0.2) is 6.54 Å². The lowest BCUT2D eigenvalue weighted by Crippen LogP contribution is -2.09. The van der Waals surface area contributed by atoms with Gasteiger partial charge in [0.15, 0.2) is 0 Å². The van der Waals surface area contributed by atoms with Crippen molar-refractivity contribution < 1.29 is 0 Å². The molecule has 2 heteroatoms. The summed E-state index contributed by atoms with van der Waals surface area (Å²) in [7, 11) is 0. The summed E-state index contributed by atoms with van der Waals surface area (Å²) in [5.41, 5.74) is 9.28. The number of rotatable bonds is 2. The molecule has 0 bridgehead atoms. The van der Waals surface area contributed by atoms with Gasteiger partial charge in [-0.1, -0.05) is 30.3 Å². The first-order chi connectivity index (χ1) is 7.88. The van der Waals surface area contributed by atoms with Crippen molar-refractivity contribution in [1.82, 2.24) is 0 Å². The van der Waals surface area contributed by atoms with Crippen LogP contribution in [0.5, 0.6) is 0 Å². The Hall–Kier alpha value is -1.80. The average molecular weight is 210 g/mol. The molecule has 2 nitrogen and oxygen atoms in total. The Balaban J connectivity index is 2.23. The van der Waals surface area contributed by atoms with Gasteiger partial charge in [-0.2, -0.15) is 0 Å². The minimum Gasteiger partial charge on any atom is -0.358 e. The highest BCUT2D eigenvalue weighted by atomic mass is 14.9. The Morgan fingerprint density at radius 1 is 1.06 bits per heavy atom. The Labute approximate surface area is 94.8 Å². The second-order valence-electron chi connectivity index (χ2n) is 4.08. The number of benzene rings is 2. The number of hydrogen-bond donors (Lipinski definition) is 2. The van der Waals surface area contributed by atoms with E-state index >= 15 is 0 Å². The van der Waals surface area contributed by atoms with Gasteiger partial charge in [-0.3, -0.25) is 0 Å². The number of anilines is 1. The van der Waals surface area contributed by atoms with Crippen molar-refractivity contribution in [1.29, 1.82) is 0 Å². The molecule has 0 unspecified atom stereocenters. The summed E-state index contributed by atoms with van der Waals surface area (Å²) in [6.45, 7) is 0.678. The van der Waals surface area contributed by atoms with Gasteiger partial charge in [0.25, 0.3) is 0 Å². The molecule has 16 heavy (non-hydrogen) atoms. The fourth-order valence-corrected chi connectivity index (χ4v) is 2.28. The molecule has 0 amide bonds. The standard InChI is InChI=1S/C14H14N2/c15-8-7-12-9-11-5-1-3-10-4-2-6-13(16-12)14(10)11/h1-6,9,16H,7-8,15H2. The average Bonchev–Trinajstić information content (AvgIpc) is 2.30. The molecular weight excluding hydrogens is 196 g/mol. The highest BCUT2D eigenvalue weighted by molar-refractivity contribution is 6.03. The molecule has 0 spiro atoms. The van der Waals surface area contributed by atoms with Gasteiger partial charge in [0, 0.05) is 16.8 Å². The largest absolute Gasteiger partial charge is 0.358 e. The monoisotopic (exact) mass is 210 g/mol. The van der Waals surface area contributed by atoms with Gasteiger partial charge in [-0.05, 0) is 36.1 Å². The molecule has 2 aromatic rings. The normalized spacial score (nSPS) is 13.4. The van der Waals surface area contributed by atoms with Gasteiger partial charge >= 0.3 is 0 Å². The summed E-state index contributed by atoms with van der Waals surface area (Å²) in [4.78, 5) is 0. The molecule has 1 heterocycles. The van der Waals surface area contributed by atoms with Gasteiger partial charge < -0.3 is 11.1 Å². The molecular formula is C14H14N2. The molecule has 0 atom stereocenters. The predicted octanol–water partition coefficient (Wildman–Crippen LogP) is 2.96. The summed E-state index contributed by atoms with van der Waals surface area (Å²) in [6, 6.07) is 12.7. The van der Waals surface area contributed by atoms with Gasteiger partial charge in [-0.25, -0.2) is 0 Å². The summed E-state index contributed by atoms with van der Waals surface area (Å²) >= 11 is 0. The van der Waals surface area contributed by atoms with Crippen molar-refractivity contribution in [3.63, 3.8) is 0 Å². The number of nitrogens with two attached hydrogens (primary N) is 1. The Morgan fingerprint density at radius 2 is 1.88 bits per heavy atom. The quantitative estimate of drug-likeness (QED) is 0.799. The third-order valence-electron chi connectivity index (χ3n) is 2.98. The van der Waals surface area contributed by atoms with Gasteiger partial charge in [0.1, 0.15) is 0 Å². The lowest BCUT2D eigenvalue weighted by atomic mass is 9.98. The molecule has 0 saturated heterocycles. The van der Waals surface area contributed by atoms with Gasteiger partial charge in [0.2, 0.25) is 0 Å². The molecule has 3 rings (SSSR count). The molecule has 2 aromatic carbocycles. The molecule has 1 aliphatic heterocycles. The van der Waals surface area contributed by atoms with Crippen molar-refractivity contribution in [2.45, 2.75) is 6.42 Å². The van der Waals surface area contributed by atoms with Crippen LogP contribution < -0.4 is 11.1 Å². The lowest BCUT2D eigenvalue weighted by molar-refractivity contribution is 0.960. The van der Waals surface area contributed by atoms with Crippen LogP contribution in [0.2, 0.25) is 0 Å². The number of nitrogens with one attached hydrogen (secondary N) is 1. The maximum atomic E-state index is 5.60. The van der Waals surface area contributed by atoms with E-state index in [1.54, 1.807) is 0 Å². The smallest absolute Gasteiger partial charge is 0.0467 e. The van der Waals surface area contributed by atoms with Crippen LogP contribution in [0.4, 0.5) is 5.69 Å². The van der Waals surface area contributed by atoms with E-state index in [9.17, 15) is 0 Å². The Kier molecular flexibility index (Phi) is 2.15. The fraction of sp³-hybridized carbons (Fsp3) is 0.143. The molecule has 0 saturated carbocycles. The van der Waals surface area contributed by atoms with E-state index in [1.165, 1.54) is 27.7 Å². The molecule has 0 radical (unpaired) electrons. The summed E-state index contributed by atoms with van der Waals surface area (Å²) in [6.07, 6.45) is 3.09. The van der Waals surface area contributed by atoms with E-state index < -0.39 is 0 Å². The van der Waals surface area contributed by atoms with Crippen LogP contribution in [-0.2, 0) is 0 Å². The summed E-state index contributed by atoms with van der Waals surface area (Å²) in [5, 5.41) is 6.04. The van der Waals surface area contributed by atoms with Crippen molar-refractivity contribution in [3.8, 4) is 0 Å². The maximum absolute atomic E-state index is 5.60. The molecule has 80 valence electrons. The topological polar surface area (TPSA) is 38.0 Å². The van der Waals surface area contributed by atoms with E-state index in [-0.39, 0.29) is 0 Å². The van der Waals surface area contributed by atoms with E-state index in [0.717, 1.165) is 6.42 Å². The second-order valence-corrected chi connectivity index (χ2v) is 4.08. The summed E-state index contributed by atoms with van der Waals surface area (Å²) < 4.78 is 0. The van der Waals surface area contributed by atoms with Crippen LogP contribution in [0.3, 0.4) is 0 Å². The van der Waals surface area contributed by atoms with Crippen molar-refractivity contribution in [2.75, 3.05) is 11.9 Å². The molecule has 0 fully saturated rings. The zero-order chi connectivity index (χ0) is 11.0. The summed E-state index contributed by atoms with van der Waals surface area (Å²) in [5.74, 6) is 0. The van der Waals surface area contributed by atoms with E-state index in [1.807, 2.05) is 0 Å². The minimum absolute atomic E-state index is 0.678. The first-order valence-corrected chi connectivity index (χ1v) is 5.58. The highest BCUT2D eigenvalue weighted by Gasteiger charge is 2.11. The van der Waals surface area contributed by atoms with Crippen molar-refractivity contribution in [3.05, 3.63) is 47.7 Å². The molecule has 0 aliphatic carbocycles. The Bertz CT molecular complexity index is 565. The predicted molar refractivity (Wildman–Crippen MR) is 69.2 cm³/mol. The second kappa shape index (κ2) is 3.65. The fourth-order valence-electron chi connectivity index (χ4n) is 2.28. The SMILES string of the molecule is NCCC1=Cc2cccc3cccc(c23)N1. The maximum Gasteiger partial charge on any atom is 0.0467 e. The highest BCUT2D eigenvalue weighted by Crippen LogP contribution is 2.33. The first-order valence-electron chi connectivity index (χ1n) is 5.58. The third kappa shape index (κ3) is 1.39. The van der Waals surface area contributed by atoms with E-state index in [4.69, 9.17) is 5.73 Å². The van der Waals surface area contributed by atoms with Gasteiger partial charge in [-0.15, -0.1) is 0 Å². The van der Waals surface area contributed by atoms with Crippen molar-refractivity contribution in [2.24, 2.45) is 5.73 Å². The molecule has 3 N–H and O–H groups in total. The van der Waals surface area contributed by atoms with Crippen LogP contribution in [0.15, 0.2) is 42.1 Å². The van der Waals surface area contributed by atoms with Crippen LogP contribution in [0.25, 0.3) is 16.8 Å². The van der Waals surface area contributed by atoms with Crippen molar-refractivity contribution >= 4 is 22.5 Å². The van der Waals surface area contributed by atoms with E-state index in [0.29, 0.717) is 6.54 Å². The van der Waals surface area contributed by atoms with Crippen LogP contribution in [0.1, 0.15) is 12.0 Å². The van der Waals surface area contributed by atoms with Crippen LogP contribution in [0, 0.1) is 0 Å². The number of hydrogen-bond acceptors (Lipinski definition) is 2. The first kappa shape index (κ1) is 9.43.